The molecular weight excluding hydrogens is 371 g/mol. The number of hydrogen-bond acceptors (Lipinski definition) is 4. The Morgan fingerprint density at radius 1 is 1.25 bits per heavy atom. The molecule has 0 saturated carbocycles. The van der Waals surface area contributed by atoms with Gasteiger partial charge in [0.15, 0.2) is 0 Å². The summed E-state index contributed by atoms with van der Waals surface area (Å²) in [6.07, 6.45) is -2.78. The zero-order chi connectivity index (χ0) is 20.7. The molecule has 0 aliphatic carbocycles. The van der Waals surface area contributed by atoms with Crippen molar-refractivity contribution in [2.24, 2.45) is 5.92 Å². The lowest BCUT2D eigenvalue weighted by Crippen LogP contribution is -2.49. The highest BCUT2D eigenvalue weighted by atomic mass is 19.4. The number of ether oxygens (including phenoxy) is 1. The van der Waals surface area contributed by atoms with Gasteiger partial charge in [-0.05, 0) is 64.8 Å². The van der Waals surface area contributed by atoms with E-state index in [1.807, 2.05) is 26.0 Å². The van der Waals surface area contributed by atoms with Crippen molar-refractivity contribution in [2.45, 2.75) is 51.9 Å². The maximum absolute atomic E-state index is 12.5. The summed E-state index contributed by atoms with van der Waals surface area (Å²) in [6, 6.07) is 6.86. The maximum atomic E-state index is 12.5. The molecule has 1 aromatic rings. The summed E-state index contributed by atoms with van der Waals surface area (Å²) in [5.74, 6) is 0.694. The molecule has 2 unspecified atom stereocenters. The highest BCUT2D eigenvalue weighted by molar-refractivity contribution is 5.95. The van der Waals surface area contributed by atoms with Gasteiger partial charge in [0, 0.05) is 6.04 Å². The van der Waals surface area contributed by atoms with Crippen molar-refractivity contribution in [3.05, 3.63) is 24.3 Å². The predicted molar refractivity (Wildman–Crippen MR) is 104 cm³/mol. The van der Waals surface area contributed by atoms with Gasteiger partial charge >= 0.3 is 6.18 Å². The Hall–Kier alpha value is -1.80. The highest BCUT2D eigenvalue weighted by Crippen LogP contribution is 2.26. The molecule has 0 bridgehead atoms. The summed E-state index contributed by atoms with van der Waals surface area (Å²) in [6.45, 7) is 6.17. The molecule has 2 atom stereocenters. The Labute approximate surface area is 164 Å². The fourth-order valence-electron chi connectivity index (χ4n) is 3.56. The minimum atomic E-state index is -4.15. The zero-order valence-electron chi connectivity index (χ0n) is 16.7. The van der Waals surface area contributed by atoms with Crippen LogP contribution >= 0.6 is 0 Å². The van der Waals surface area contributed by atoms with Crippen molar-refractivity contribution >= 4 is 11.6 Å². The van der Waals surface area contributed by atoms with Crippen LogP contribution in [0.3, 0.4) is 0 Å². The summed E-state index contributed by atoms with van der Waals surface area (Å²) >= 11 is 0. The van der Waals surface area contributed by atoms with Crippen LogP contribution in [0.5, 0.6) is 5.75 Å². The molecule has 0 spiro atoms. The summed E-state index contributed by atoms with van der Waals surface area (Å²) in [5, 5.41) is 6.17. The molecule has 1 aliphatic heterocycles. The first-order valence-corrected chi connectivity index (χ1v) is 9.77. The maximum Gasteiger partial charge on any atom is 0.401 e. The van der Waals surface area contributed by atoms with E-state index in [2.05, 4.69) is 10.6 Å². The molecule has 1 saturated heterocycles. The van der Waals surface area contributed by atoms with Gasteiger partial charge in [0.1, 0.15) is 5.75 Å². The third-order valence-corrected chi connectivity index (χ3v) is 5.09. The van der Waals surface area contributed by atoms with Gasteiger partial charge in [0.2, 0.25) is 5.91 Å². The molecule has 1 aromatic carbocycles. The second-order valence-electron chi connectivity index (χ2n) is 7.32. The number of amides is 1. The van der Waals surface area contributed by atoms with E-state index in [0.717, 1.165) is 0 Å². The SMILES string of the molecule is CCOc1ccccc1NC(=O)C(C)NC(C)C1CCN(CC(F)(F)F)CC1. The molecule has 1 heterocycles. The lowest BCUT2D eigenvalue weighted by molar-refractivity contribution is -0.148. The Morgan fingerprint density at radius 2 is 1.89 bits per heavy atom. The molecular formula is C20H30F3N3O2. The van der Waals surface area contributed by atoms with Crippen molar-refractivity contribution in [1.82, 2.24) is 10.2 Å². The molecule has 1 amide bonds. The molecule has 158 valence electrons. The van der Waals surface area contributed by atoms with Gasteiger partial charge in [0.25, 0.3) is 0 Å². The minimum absolute atomic E-state index is 0.0379. The van der Waals surface area contributed by atoms with Gasteiger partial charge in [-0.2, -0.15) is 13.2 Å². The van der Waals surface area contributed by atoms with Gasteiger partial charge in [-0.1, -0.05) is 12.1 Å². The smallest absolute Gasteiger partial charge is 0.401 e. The number of rotatable bonds is 8. The number of anilines is 1. The molecule has 2 N–H and O–H groups in total. The van der Waals surface area contributed by atoms with Gasteiger partial charge in [0.05, 0.1) is 24.9 Å². The first-order valence-electron chi connectivity index (χ1n) is 9.77. The minimum Gasteiger partial charge on any atom is -0.492 e. The molecule has 0 aromatic heterocycles. The topological polar surface area (TPSA) is 53.6 Å². The summed E-state index contributed by atoms with van der Waals surface area (Å²) < 4.78 is 43.0. The van der Waals surface area contributed by atoms with Gasteiger partial charge in [-0.25, -0.2) is 0 Å². The van der Waals surface area contributed by atoms with E-state index in [1.54, 1.807) is 19.1 Å². The third-order valence-electron chi connectivity index (χ3n) is 5.09. The van der Waals surface area contributed by atoms with Crippen LogP contribution in [-0.2, 0) is 4.79 Å². The van der Waals surface area contributed by atoms with Crippen LogP contribution in [0.4, 0.5) is 18.9 Å². The molecule has 5 nitrogen and oxygen atoms in total. The Bertz CT molecular complexity index is 631. The molecule has 1 aliphatic rings. The van der Waals surface area contributed by atoms with Crippen molar-refractivity contribution in [1.29, 1.82) is 0 Å². The van der Waals surface area contributed by atoms with E-state index >= 15 is 0 Å². The van der Waals surface area contributed by atoms with Gasteiger partial charge < -0.3 is 15.4 Å². The number of likely N-dealkylation sites (tertiary alicyclic amines) is 1. The number of nitrogens with one attached hydrogen (secondary N) is 2. The average Bonchev–Trinajstić information content (AvgIpc) is 2.62. The van der Waals surface area contributed by atoms with Crippen LogP contribution in [0, 0.1) is 5.92 Å². The number of nitrogens with zero attached hydrogens (tertiary/aromatic N) is 1. The number of piperidine rings is 1. The third kappa shape index (κ3) is 6.98. The monoisotopic (exact) mass is 401 g/mol. The van der Waals surface area contributed by atoms with Crippen LogP contribution in [0.1, 0.15) is 33.6 Å². The van der Waals surface area contributed by atoms with Gasteiger partial charge in [-0.3, -0.25) is 9.69 Å². The molecule has 8 heteroatoms. The second kappa shape index (κ2) is 10.1. The standard InChI is InChI=1S/C20H30F3N3O2/c1-4-28-18-8-6-5-7-17(18)25-19(27)15(3)24-14(2)16-9-11-26(12-10-16)13-20(21,22)23/h5-8,14-16,24H,4,9-13H2,1-3H3,(H,25,27). The van der Waals surface area contributed by atoms with Crippen LogP contribution in [-0.4, -0.2) is 55.3 Å². The lowest BCUT2D eigenvalue weighted by atomic mass is 9.90. The number of benzene rings is 1. The van der Waals surface area contributed by atoms with E-state index in [-0.39, 0.29) is 17.9 Å². The van der Waals surface area contributed by atoms with Crippen molar-refractivity contribution in [2.75, 3.05) is 31.6 Å². The van der Waals surface area contributed by atoms with E-state index in [1.165, 1.54) is 4.90 Å². The number of hydrogen-bond donors (Lipinski definition) is 2. The summed E-state index contributed by atoms with van der Waals surface area (Å²) in [4.78, 5) is 14.0. The van der Waals surface area contributed by atoms with E-state index in [0.29, 0.717) is 44.0 Å². The Kier molecular flexibility index (Phi) is 8.12. The fraction of sp³-hybridized carbons (Fsp3) is 0.650. The normalized spacial score (nSPS) is 18.5. The highest BCUT2D eigenvalue weighted by Gasteiger charge is 2.33. The first-order chi connectivity index (χ1) is 13.2. The van der Waals surface area contributed by atoms with Gasteiger partial charge in [-0.15, -0.1) is 0 Å². The largest absolute Gasteiger partial charge is 0.492 e. The number of carbonyl (C=O) groups is 1. The van der Waals surface area contributed by atoms with Crippen LogP contribution in [0.2, 0.25) is 0 Å². The van der Waals surface area contributed by atoms with Crippen molar-refractivity contribution < 1.29 is 22.7 Å². The van der Waals surface area contributed by atoms with Crippen molar-refractivity contribution in [3.8, 4) is 5.75 Å². The number of halogens is 3. The molecule has 28 heavy (non-hydrogen) atoms. The number of para-hydroxylation sites is 2. The van der Waals surface area contributed by atoms with E-state index in [9.17, 15) is 18.0 Å². The van der Waals surface area contributed by atoms with Crippen molar-refractivity contribution in [3.63, 3.8) is 0 Å². The Morgan fingerprint density at radius 3 is 2.50 bits per heavy atom. The fourth-order valence-corrected chi connectivity index (χ4v) is 3.56. The number of carbonyl (C=O) groups excluding carboxylic acids is 1. The van der Waals surface area contributed by atoms with Crippen LogP contribution in [0.25, 0.3) is 0 Å². The lowest BCUT2D eigenvalue weighted by Gasteiger charge is -2.36. The van der Waals surface area contributed by atoms with Crippen LogP contribution in [0.15, 0.2) is 24.3 Å². The first kappa shape index (κ1) is 22.5. The zero-order valence-corrected chi connectivity index (χ0v) is 16.7. The Balaban J connectivity index is 1.82. The van der Waals surface area contributed by atoms with E-state index < -0.39 is 18.8 Å². The van der Waals surface area contributed by atoms with Crippen LogP contribution < -0.4 is 15.4 Å². The average molecular weight is 401 g/mol. The molecule has 0 radical (unpaired) electrons. The summed E-state index contributed by atoms with van der Waals surface area (Å²) in [7, 11) is 0. The molecule has 1 fully saturated rings. The summed E-state index contributed by atoms with van der Waals surface area (Å²) in [5.41, 5.74) is 0.621. The molecule has 2 rings (SSSR count). The number of alkyl halides is 3. The second-order valence-corrected chi connectivity index (χ2v) is 7.32. The predicted octanol–water partition coefficient (Wildman–Crippen LogP) is 3.66. The van der Waals surface area contributed by atoms with E-state index in [4.69, 9.17) is 4.74 Å². The quantitative estimate of drug-likeness (QED) is 0.698.